The fourth-order valence-corrected chi connectivity index (χ4v) is 1.63. The normalized spacial score (nSPS) is 11.2. The van der Waals surface area contributed by atoms with Gasteiger partial charge in [-0.15, -0.1) is 13.2 Å². The molecule has 3 nitrogen and oxygen atoms in total. The lowest BCUT2D eigenvalue weighted by Crippen LogP contribution is -2.17. The summed E-state index contributed by atoms with van der Waals surface area (Å²) in [5.74, 6) is -1.28. The van der Waals surface area contributed by atoms with Crippen LogP contribution in [0, 0.1) is 5.82 Å². The Morgan fingerprint density at radius 1 is 1.10 bits per heavy atom. The lowest BCUT2D eigenvalue weighted by Gasteiger charge is -2.09. The molecule has 110 valence electrons. The molecule has 0 N–H and O–H groups in total. The topological polar surface area (TPSA) is 39.2 Å². The van der Waals surface area contributed by atoms with Gasteiger partial charge in [0.05, 0.1) is 6.20 Å². The third-order valence-corrected chi connectivity index (χ3v) is 2.53. The van der Waals surface area contributed by atoms with Crippen LogP contribution in [0.2, 0.25) is 0 Å². The van der Waals surface area contributed by atoms with Crippen LogP contribution in [0.3, 0.4) is 0 Å². The Morgan fingerprint density at radius 2 is 1.76 bits per heavy atom. The Bertz CT molecular complexity index is 621. The highest BCUT2D eigenvalue weighted by molar-refractivity contribution is 5.95. The van der Waals surface area contributed by atoms with Gasteiger partial charge in [0.25, 0.3) is 0 Å². The van der Waals surface area contributed by atoms with Gasteiger partial charge < -0.3 is 4.74 Å². The zero-order valence-corrected chi connectivity index (χ0v) is 10.5. The number of nitrogens with zero attached hydrogens (tertiary/aromatic N) is 1. The summed E-state index contributed by atoms with van der Waals surface area (Å²) in [7, 11) is 0. The molecule has 0 aliphatic carbocycles. The number of ether oxygens (including phenoxy) is 1. The van der Waals surface area contributed by atoms with Crippen LogP contribution in [-0.2, 0) is 6.42 Å². The number of Topliss-reactive ketones (excluding diaryl/α,β-unsaturated/α-hetero) is 1. The molecule has 1 aromatic carbocycles. The van der Waals surface area contributed by atoms with Gasteiger partial charge in [-0.2, -0.15) is 0 Å². The molecule has 0 fully saturated rings. The van der Waals surface area contributed by atoms with E-state index in [1.807, 2.05) is 0 Å². The maximum absolute atomic E-state index is 12.7. The summed E-state index contributed by atoms with van der Waals surface area (Å²) in [5.41, 5.74) is 0.590. The highest BCUT2D eigenvalue weighted by Crippen LogP contribution is 2.23. The van der Waals surface area contributed by atoms with E-state index in [4.69, 9.17) is 0 Å². The zero-order chi connectivity index (χ0) is 15.5. The first-order chi connectivity index (χ1) is 9.83. The Kier molecular flexibility index (Phi) is 4.21. The smallest absolute Gasteiger partial charge is 0.406 e. The number of carbonyl (C=O) groups is 1. The van der Waals surface area contributed by atoms with Gasteiger partial charge in [-0.25, -0.2) is 4.39 Å². The van der Waals surface area contributed by atoms with Crippen molar-refractivity contribution in [1.82, 2.24) is 4.98 Å². The van der Waals surface area contributed by atoms with Crippen molar-refractivity contribution in [1.29, 1.82) is 0 Å². The summed E-state index contributed by atoms with van der Waals surface area (Å²) in [4.78, 5) is 15.5. The SMILES string of the molecule is O=C(Cc1ccc(OC(F)(F)F)cc1)c1ccc(F)cn1. The predicted molar refractivity (Wildman–Crippen MR) is 65.4 cm³/mol. The van der Waals surface area contributed by atoms with Gasteiger partial charge in [-0.05, 0) is 29.8 Å². The van der Waals surface area contributed by atoms with Crippen molar-refractivity contribution in [2.75, 3.05) is 0 Å². The number of carbonyl (C=O) groups excluding carboxylic acids is 1. The molecule has 0 saturated carbocycles. The molecule has 1 heterocycles. The van der Waals surface area contributed by atoms with Gasteiger partial charge >= 0.3 is 6.36 Å². The average Bonchev–Trinajstić information content (AvgIpc) is 2.40. The number of aromatic nitrogens is 1. The minimum absolute atomic E-state index is 0.0507. The van der Waals surface area contributed by atoms with E-state index in [1.54, 1.807) is 0 Å². The van der Waals surface area contributed by atoms with Gasteiger partial charge in [0, 0.05) is 6.42 Å². The van der Waals surface area contributed by atoms with Crippen molar-refractivity contribution in [3.05, 3.63) is 59.7 Å². The van der Waals surface area contributed by atoms with Gasteiger partial charge in [0.1, 0.15) is 17.3 Å². The maximum atomic E-state index is 12.7. The predicted octanol–water partition coefficient (Wildman–Crippen LogP) is 3.54. The number of ketones is 1. The number of alkyl halides is 3. The molecule has 0 aliphatic heterocycles. The molecule has 0 radical (unpaired) electrons. The van der Waals surface area contributed by atoms with Crippen LogP contribution in [0.15, 0.2) is 42.6 Å². The quantitative estimate of drug-likeness (QED) is 0.640. The largest absolute Gasteiger partial charge is 0.573 e. The fourth-order valence-electron chi connectivity index (χ4n) is 1.63. The van der Waals surface area contributed by atoms with Crippen molar-refractivity contribution in [2.24, 2.45) is 0 Å². The molecule has 2 aromatic rings. The third-order valence-electron chi connectivity index (χ3n) is 2.53. The molecule has 0 saturated heterocycles. The van der Waals surface area contributed by atoms with Gasteiger partial charge in [-0.1, -0.05) is 12.1 Å². The van der Waals surface area contributed by atoms with Gasteiger partial charge in [0.2, 0.25) is 0 Å². The molecule has 0 atom stereocenters. The molecule has 0 aliphatic rings. The third kappa shape index (κ3) is 4.55. The number of rotatable bonds is 4. The fraction of sp³-hybridized carbons (Fsp3) is 0.143. The molecule has 1 aromatic heterocycles. The van der Waals surface area contributed by atoms with Crippen LogP contribution in [0.1, 0.15) is 16.1 Å². The molecular formula is C14H9F4NO2. The van der Waals surface area contributed by atoms with E-state index in [1.165, 1.54) is 18.2 Å². The summed E-state index contributed by atoms with van der Waals surface area (Å²) >= 11 is 0. The first kappa shape index (κ1) is 15.0. The summed E-state index contributed by atoms with van der Waals surface area (Å²) in [6.45, 7) is 0. The Hall–Kier alpha value is -2.44. The number of pyridine rings is 1. The van der Waals surface area contributed by atoms with E-state index < -0.39 is 12.2 Å². The van der Waals surface area contributed by atoms with E-state index in [-0.39, 0.29) is 23.6 Å². The lowest BCUT2D eigenvalue weighted by atomic mass is 10.1. The van der Waals surface area contributed by atoms with Gasteiger partial charge in [0.15, 0.2) is 5.78 Å². The summed E-state index contributed by atoms with van der Waals surface area (Å²) in [6.07, 6.45) is -3.88. The molecule has 0 unspecified atom stereocenters. The molecule has 0 bridgehead atoms. The molecule has 7 heteroatoms. The second-order valence-electron chi connectivity index (χ2n) is 4.15. The van der Waals surface area contributed by atoms with E-state index in [0.29, 0.717) is 5.56 Å². The van der Waals surface area contributed by atoms with E-state index in [0.717, 1.165) is 24.4 Å². The first-order valence-corrected chi connectivity index (χ1v) is 5.83. The van der Waals surface area contributed by atoms with Gasteiger partial charge in [-0.3, -0.25) is 9.78 Å². The van der Waals surface area contributed by atoms with Crippen molar-refractivity contribution in [3.63, 3.8) is 0 Å². The van der Waals surface area contributed by atoms with Crippen LogP contribution in [0.25, 0.3) is 0 Å². The minimum Gasteiger partial charge on any atom is -0.406 e. The Morgan fingerprint density at radius 3 is 2.29 bits per heavy atom. The van der Waals surface area contributed by atoms with Crippen LogP contribution in [0.4, 0.5) is 17.6 Å². The van der Waals surface area contributed by atoms with Crippen LogP contribution < -0.4 is 4.74 Å². The van der Waals surface area contributed by atoms with E-state index >= 15 is 0 Å². The monoisotopic (exact) mass is 299 g/mol. The minimum atomic E-state index is -4.75. The zero-order valence-electron chi connectivity index (χ0n) is 10.5. The van der Waals surface area contributed by atoms with Crippen molar-refractivity contribution >= 4 is 5.78 Å². The molecule has 0 spiro atoms. The van der Waals surface area contributed by atoms with Crippen LogP contribution in [-0.4, -0.2) is 17.1 Å². The van der Waals surface area contributed by atoms with Crippen molar-refractivity contribution < 1.29 is 27.1 Å². The van der Waals surface area contributed by atoms with E-state index in [9.17, 15) is 22.4 Å². The highest BCUT2D eigenvalue weighted by atomic mass is 19.4. The lowest BCUT2D eigenvalue weighted by molar-refractivity contribution is -0.274. The number of halogens is 4. The molecule has 2 rings (SSSR count). The van der Waals surface area contributed by atoms with Crippen molar-refractivity contribution in [2.45, 2.75) is 12.8 Å². The molecule has 21 heavy (non-hydrogen) atoms. The standard InChI is InChI=1S/C14H9F4NO2/c15-10-3-6-12(19-8-10)13(20)7-9-1-4-11(5-2-9)21-14(16,17)18/h1-6,8H,7H2. The second kappa shape index (κ2) is 5.90. The first-order valence-electron chi connectivity index (χ1n) is 5.83. The Labute approximate surface area is 117 Å². The molecular weight excluding hydrogens is 290 g/mol. The number of hydrogen-bond acceptors (Lipinski definition) is 3. The van der Waals surface area contributed by atoms with Crippen molar-refractivity contribution in [3.8, 4) is 5.75 Å². The van der Waals surface area contributed by atoms with E-state index in [2.05, 4.69) is 9.72 Å². The summed E-state index contributed by atoms with van der Waals surface area (Å²) < 4.78 is 52.4. The summed E-state index contributed by atoms with van der Waals surface area (Å²) in [6, 6.07) is 7.30. The van der Waals surface area contributed by atoms with Crippen LogP contribution >= 0.6 is 0 Å². The number of hydrogen-bond donors (Lipinski definition) is 0. The number of benzene rings is 1. The maximum Gasteiger partial charge on any atom is 0.573 e. The highest BCUT2D eigenvalue weighted by Gasteiger charge is 2.30. The summed E-state index contributed by atoms with van der Waals surface area (Å²) in [5, 5.41) is 0. The molecule has 0 amide bonds. The van der Waals surface area contributed by atoms with Crippen LogP contribution in [0.5, 0.6) is 5.75 Å². The second-order valence-corrected chi connectivity index (χ2v) is 4.15. The average molecular weight is 299 g/mol. The Balaban J connectivity index is 2.03.